The Kier molecular flexibility index (Phi) is 6.09. The molecule has 1 rings (SSSR count). The second kappa shape index (κ2) is 7.46. The average Bonchev–Trinajstić information content (AvgIpc) is 2.25. The van der Waals surface area contributed by atoms with Crippen LogP contribution >= 0.6 is 15.9 Å². The van der Waals surface area contributed by atoms with Crippen molar-refractivity contribution in [3.05, 3.63) is 35.6 Å². The Morgan fingerprint density at radius 1 is 1.40 bits per heavy atom. The third-order valence-corrected chi connectivity index (χ3v) is 2.63. The van der Waals surface area contributed by atoms with Crippen LogP contribution in [0.1, 0.15) is 25.7 Å². The number of unbranched alkanes of at least 4 members (excludes halogenated alkanes) is 3. The van der Waals surface area contributed by atoms with Crippen molar-refractivity contribution < 1.29 is 4.74 Å². The molecule has 0 saturated carbocycles. The molecule has 15 heavy (non-hydrogen) atoms. The molecule has 0 unspecified atom stereocenters. The third kappa shape index (κ3) is 4.98. The standard InChI is InChI=1S/C12H16BrNO/c1-2-3-4-5-6-10-15-11-8-7-9-14-12(11)13/h2,7-9H,1,3-6,10H2. The molecule has 0 fully saturated rings. The zero-order valence-corrected chi connectivity index (χ0v) is 10.4. The summed E-state index contributed by atoms with van der Waals surface area (Å²) in [5.74, 6) is 0.821. The van der Waals surface area contributed by atoms with Crippen LogP contribution in [0, 0.1) is 0 Å². The van der Waals surface area contributed by atoms with Crippen molar-refractivity contribution in [1.29, 1.82) is 0 Å². The molecule has 1 heterocycles. The van der Waals surface area contributed by atoms with E-state index < -0.39 is 0 Å². The molecule has 0 aliphatic heterocycles. The number of pyridine rings is 1. The molecule has 0 N–H and O–H groups in total. The lowest BCUT2D eigenvalue weighted by molar-refractivity contribution is 0.302. The smallest absolute Gasteiger partial charge is 0.152 e. The van der Waals surface area contributed by atoms with Crippen molar-refractivity contribution in [3.63, 3.8) is 0 Å². The lowest BCUT2D eigenvalue weighted by Crippen LogP contribution is -1.98. The number of allylic oxidation sites excluding steroid dienone is 1. The fraction of sp³-hybridized carbons (Fsp3) is 0.417. The first-order chi connectivity index (χ1) is 7.34. The summed E-state index contributed by atoms with van der Waals surface area (Å²) in [5.41, 5.74) is 0. The van der Waals surface area contributed by atoms with Crippen molar-refractivity contribution in [3.8, 4) is 5.75 Å². The van der Waals surface area contributed by atoms with Crippen molar-refractivity contribution in [2.24, 2.45) is 0 Å². The summed E-state index contributed by atoms with van der Waals surface area (Å²) in [6, 6.07) is 3.79. The number of halogens is 1. The summed E-state index contributed by atoms with van der Waals surface area (Å²) < 4.78 is 6.36. The fourth-order valence-electron chi connectivity index (χ4n) is 1.23. The summed E-state index contributed by atoms with van der Waals surface area (Å²) in [6.45, 7) is 4.44. The Morgan fingerprint density at radius 2 is 2.27 bits per heavy atom. The number of nitrogens with zero attached hydrogens (tertiary/aromatic N) is 1. The quantitative estimate of drug-likeness (QED) is 0.425. The number of aromatic nitrogens is 1. The van der Waals surface area contributed by atoms with Crippen LogP contribution in [0.25, 0.3) is 0 Å². The highest BCUT2D eigenvalue weighted by Gasteiger charge is 1.99. The van der Waals surface area contributed by atoms with Gasteiger partial charge in [0.2, 0.25) is 0 Å². The average molecular weight is 270 g/mol. The van der Waals surface area contributed by atoms with E-state index in [1.807, 2.05) is 18.2 Å². The monoisotopic (exact) mass is 269 g/mol. The van der Waals surface area contributed by atoms with Crippen LogP contribution < -0.4 is 4.74 Å². The third-order valence-electron chi connectivity index (χ3n) is 2.04. The van der Waals surface area contributed by atoms with Crippen molar-refractivity contribution >= 4 is 15.9 Å². The predicted octanol–water partition coefficient (Wildman–Crippen LogP) is 3.97. The summed E-state index contributed by atoms with van der Waals surface area (Å²) >= 11 is 3.34. The van der Waals surface area contributed by atoms with E-state index in [9.17, 15) is 0 Å². The van der Waals surface area contributed by atoms with Crippen LogP contribution in [0.15, 0.2) is 35.6 Å². The van der Waals surface area contributed by atoms with E-state index in [2.05, 4.69) is 27.5 Å². The molecule has 2 nitrogen and oxygen atoms in total. The summed E-state index contributed by atoms with van der Waals surface area (Å²) in [4.78, 5) is 4.09. The van der Waals surface area contributed by atoms with Gasteiger partial charge in [-0.2, -0.15) is 0 Å². The molecule has 0 aliphatic rings. The summed E-state index contributed by atoms with van der Waals surface area (Å²) in [6.07, 6.45) is 8.25. The van der Waals surface area contributed by atoms with Gasteiger partial charge >= 0.3 is 0 Å². The minimum absolute atomic E-state index is 0.751. The van der Waals surface area contributed by atoms with Gasteiger partial charge in [-0.3, -0.25) is 0 Å². The lowest BCUT2D eigenvalue weighted by Gasteiger charge is -2.06. The van der Waals surface area contributed by atoms with Gasteiger partial charge in [0.25, 0.3) is 0 Å². The van der Waals surface area contributed by atoms with Crippen LogP contribution in [0.4, 0.5) is 0 Å². The maximum atomic E-state index is 5.58. The highest BCUT2D eigenvalue weighted by atomic mass is 79.9. The molecule has 0 bridgehead atoms. The van der Waals surface area contributed by atoms with Gasteiger partial charge < -0.3 is 4.74 Å². The Morgan fingerprint density at radius 3 is 3.00 bits per heavy atom. The normalized spacial score (nSPS) is 9.93. The van der Waals surface area contributed by atoms with Crippen LogP contribution in [0.3, 0.4) is 0 Å². The molecular weight excluding hydrogens is 254 g/mol. The summed E-state index contributed by atoms with van der Waals surface area (Å²) in [7, 11) is 0. The number of rotatable bonds is 7. The van der Waals surface area contributed by atoms with Crippen LogP contribution in [0.2, 0.25) is 0 Å². The van der Waals surface area contributed by atoms with Gasteiger partial charge in [0.05, 0.1) is 6.61 Å². The maximum Gasteiger partial charge on any atom is 0.152 e. The fourth-order valence-corrected chi connectivity index (χ4v) is 1.59. The van der Waals surface area contributed by atoms with Crippen LogP contribution in [0.5, 0.6) is 5.75 Å². The number of hydrogen-bond acceptors (Lipinski definition) is 2. The zero-order valence-electron chi connectivity index (χ0n) is 8.79. The first-order valence-electron chi connectivity index (χ1n) is 5.19. The molecule has 0 spiro atoms. The van der Waals surface area contributed by atoms with E-state index in [1.165, 1.54) is 12.8 Å². The molecule has 0 amide bonds. The number of hydrogen-bond donors (Lipinski definition) is 0. The minimum atomic E-state index is 0.751. The highest BCUT2D eigenvalue weighted by Crippen LogP contribution is 2.21. The Bertz CT molecular complexity index is 301. The topological polar surface area (TPSA) is 22.1 Å². The van der Waals surface area contributed by atoms with E-state index in [4.69, 9.17) is 4.74 Å². The van der Waals surface area contributed by atoms with Gasteiger partial charge in [-0.15, -0.1) is 6.58 Å². The first-order valence-corrected chi connectivity index (χ1v) is 5.98. The molecule has 3 heteroatoms. The molecule has 0 aromatic carbocycles. The van der Waals surface area contributed by atoms with Crippen molar-refractivity contribution in [2.45, 2.75) is 25.7 Å². The van der Waals surface area contributed by atoms with Gasteiger partial charge in [0.1, 0.15) is 4.60 Å². The molecule has 0 radical (unpaired) electrons. The van der Waals surface area contributed by atoms with Gasteiger partial charge in [-0.1, -0.05) is 6.08 Å². The van der Waals surface area contributed by atoms with Gasteiger partial charge in [-0.05, 0) is 53.7 Å². The van der Waals surface area contributed by atoms with E-state index in [0.29, 0.717) is 0 Å². The molecule has 1 aromatic heterocycles. The van der Waals surface area contributed by atoms with Crippen LogP contribution in [-0.4, -0.2) is 11.6 Å². The molecule has 82 valence electrons. The van der Waals surface area contributed by atoms with E-state index in [-0.39, 0.29) is 0 Å². The lowest BCUT2D eigenvalue weighted by atomic mass is 10.2. The van der Waals surface area contributed by atoms with E-state index >= 15 is 0 Å². The van der Waals surface area contributed by atoms with Gasteiger partial charge in [0, 0.05) is 6.20 Å². The second-order valence-corrected chi connectivity index (χ2v) is 4.03. The molecular formula is C12H16BrNO. The second-order valence-electron chi connectivity index (χ2n) is 3.28. The first kappa shape index (κ1) is 12.2. The predicted molar refractivity (Wildman–Crippen MR) is 66.1 cm³/mol. The Hall–Kier alpha value is -0.830. The molecule has 0 aliphatic carbocycles. The van der Waals surface area contributed by atoms with Gasteiger partial charge in [0.15, 0.2) is 5.75 Å². The highest BCUT2D eigenvalue weighted by molar-refractivity contribution is 9.10. The van der Waals surface area contributed by atoms with Crippen LogP contribution in [-0.2, 0) is 0 Å². The Labute approximate surface area is 99.5 Å². The SMILES string of the molecule is C=CCCCCCOc1cccnc1Br. The van der Waals surface area contributed by atoms with E-state index in [0.717, 1.165) is 29.8 Å². The number of ether oxygens (including phenoxy) is 1. The molecule has 1 aromatic rings. The van der Waals surface area contributed by atoms with Crippen molar-refractivity contribution in [1.82, 2.24) is 4.98 Å². The minimum Gasteiger partial charge on any atom is -0.491 e. The van der Waals surface area contributed by atoms with Gasteiger partial charge in [-0.25, -0.2) is 4.98 Å². The van der Waals surface area contributed by atoms with E-state index in [1.54, 1.807) is 6.20 Å². The summed E-state index contributed by atoms with van der Waals surface area (Å²) in [5, 5.41) is 0. The molecule has 0 atom stereocenters. The maximum absolute atomic E-state index is 5.58. The van der Waals surface area contributed by atoms with Crippen molar-refractivity contribution in [2.75, 3.05) is 6.61 Å². The zero-order chi connectivity index (χ0) is 10.9. The largest absolute Gasteiger partial charge is 0.491 e. The molecule has 0 saturated heterocycles. The Balaban J connectivity index is 2.15.